The monoisotopic (exact) mass is 234 g/mol. The van der Waals surface area contributed by atoms with Crippen LogP contribution in [-0.2, 0) is 4.79 Å². The zero-order valence-corrected chi connectivity index (χ0v) is 10.2. The summed E-state index contributed by atoms with van der Waals surface area (Å²) in [5.41, 5.74) is 2.80. The van der Waals surface area contributed by atoms with Crippen LogP contribution in [0.4, 0.5) is 0 Å². The Morgan fingerprint density at radius 1 is 1.41 bits per heavy atom. The fourth-order valence-corrected chi connectivity index (χ4v) is 2.36. The average molecular weight is 234 g/mol. The van der Waals surface area contributed by atoms with Crippen LogP contribution in [0.1, 0.15) is 0 Å². The molecule has 2 rings (SSSR count). The lowest BCUT2D eigenvalue weighted by atomic mass is 10.2. The van der Waals surface area contributed by atoms with E-state index in [2.05, 4.69) is 30.3 Å². The van der Waals surface area contributed by atoms with Gasteiger partial charge in [0.2, 0.25) is 5.91 Å². The topological polar surface area (TPSA) is 39.2 Å². The SMILES string of the molecule is C=CN(CC(=O)N1CC2=C(CN(C)C2)C1)N=C. The Morgan fingerprint density at radius 3 is 2.47 bits per heavy atom. The molecule has 1 amide bonds. The van der Waals surface area contributed by atoms with Crippen LogP contribution < -0.4 is 0 Å². The van der Waals surface area contributed by atoms with Gasteiger partial charge < -0.3 is 4.90 Å². The van der Waals surface area contributed by atoms with Gasteiger partial charge in [0.1, 0.15) is 6.54 Å². The summed E-state index contributed by atoms with van der Waals surface area (Å²) in [5.74, 6) is 0.0781. The van der Waals surface area contributed by atoms with Gasteiger partial charge in [-0.05, 0) is 18.2 Å². The first-order chi connectivity index (χ1) is 8.13. The second-order valence-corrected chi connectivity index (χ2v) is 4.55. The van der Waals surface area contributed by atoms with Crippen LogP contribution in [0.2, 0.25) is 0 Å². The molecule has 0 saturated heterocycles. The summed E-state index contributed by atoms with van der Waals surface area (Å²) in [6.07, 6.45) is 1.51. The van der Waals surface area contributed by atoms with Crippen LogP contribution in [0.5, 0.6) is 0 Å². The third-order valence-electron chi connectivity index (χ3n) is 3.23. The smallest absolute Gasteiger partial charge is 0.244 e. The van der Waals surface area contributed by atoms with Crippen LogP contribution in [0, 0.1) is 0 Å². The minimum atomic E-state index is 0.0781. The van der Waals surface area contributed by atoms with Gasteiger partial charge in [0.15, 0.2) is 0 Å². The molecule has 2 aliphatic heterocycles. The summed E-state index contributed by atoms with van der Waals surface area (Å²) < 4.78 is 0. The zero-order valence-electron chi connectivity index (χ0n) is 10.2. The number of hydrogen-bond donors (Lipinski definition) is 0. The lowest BCUT2D eigenvalue weighted by molar-refractivity contribution is -0.130. The van der Waals surface area contributed by atoms with Crippen LogP contribution in [0.3, 0.4) is 0 Å². The second kappa shape index (κ2) is 4.71. The van der Waals surface area contributed by atoms with Crippen LogP contribution >= 0.6 is 0 Å². The second-order valence-electron chi connectivity index (χ2n) is 4.55. The molecule has 5 nitrogen and oxygen atoms in total. The van der Waals surface area contributed by atoms with E-state index in [1.807, 2.05) is 4.90 Å². The van der Waals surface area contributed by atoms with Crippen molar-refractivity contribution in [3.05, 3.63) is 23.9 Å². The number of carbonyl (C=O) groups is 1. The van der Waals surface area contributed by atoms with Crippen molar-refractivity contribution < 1.29 is 4.79 Å². The Bertz CT molecular complexity index is 362. The van der Waals surface area contributed by atoms with Gasteiger partial charge >= 0.3 is 0 Å². The summed E-state index contributed by atoms with van der Waals surface area (Å²) >= 11 is 0. The Kier molecular flexibility index (Phi) is 3.28. The van der Waals surface area contributed by atoms with Gasteiger partial charge in [0.25, 0.3) is 0 Å². The van der Waals surface area contributed by atoms with Crippen LogP contribution in [0.25, 0.3) is 0 Å². The van der Waals surface area contributed by atoms with Crippen molar-refractivity contribution in [3.63, 3.8) is 0 Å². The predicted octanol–water partition coefficient (Wildman–Crippen LogP) is 0.132. The van der Waals surface area contributed by atoms with Crippen molar-refractivity contribution in [1.29, 1.82) is 0 Å². The maximum Gasteiger partial charge on any atom is 0.244 e. The summed E-state index contributed by atoms with van der Waals surface area (Å²) in [5, 5.41) is 5.15. The first-order valence-corrected chi connectivity index (χ1v) is 5.66. The molecule has 0 aromatic rings. The largest absolute Gasteiger partial charge is 0.333 e. The zero-order chi connectivity index (χ0) is 12.4. The molecule has 0 atom stereocenters. The normalized spacial score (nSPS) is 19.5. The highest BCUT2D eigenvalue weighted by molar-refractivity contribution is 5.79. The Hall–Kier alpha value is -1.62. The van der Waals surface area contributed by atoms with E-state index in [1.165, 1.54) is 22.4 Å². The molecule has 0 spiro atoms. The highest BCUT2D eigenvalue weighted by Gasteiger charge is 2.30. The minimum Gasteiger partial charge on any atom is -0.333 e. The molecule has 0 N–H and O–H groups in total. The number of nitrogens with zero attached hydrogens (tertiary/aromatic N) is 4. The van der Waals surface area contributed by atoms with Gasteiger partial charge in [-0.3, -0.25) is 14.7 Å². The molecular formula is C12H18N4O. The molecule has 0 saturated carbocycles. The predicted molar refractivity (Wildman–Crippen MR) is 67.6 cm³/mol. The fraction of sp³-hybridized carbons (Fsp3) is 0.500. The number of hydrazone groups is 1. The van der Waals surface area contributed by atoms with Crippen LogP contribution in [-0.4, -0.2) is 67.2 Å². The number of amides is 1. The summed E-state index contributed by atoms with van der Waals surface area (Å²) in [6.45, 7) is 10.7. The van der Waals surface area contributed by atoms with E-state index < -0.39 is 0 Å². The quantitative estimate of drug-likeness (QED) is 0.394. The van der Waals surface area contributed by atoms with Gasteiger partial charge in [0, 0.05) is 39.1 Å². The van der Waals surface area contributed by atoms with Crippen molar-refractivity contribution >= 4 is 12.6 Å². The lowest BCUT2D eigenvalue weighted by Crippen LogP contribution is -2.38. The molecule has 17 heavy (non-hydrogen) atoms. The van der Waals surface area contributed by atoms with Gasteiger partial charge in [-0.1, -0.05) is 6.58 Å². The molecule has 0 unspecified atom stereocenters. The van der Waals surface area contributed by atoms with E-state index in [0.717, 1.165) is 26.2 Å². The molecule has 5 heteroatoms. The highest BCUT2D eigenvalue weighted by atomic mass is 16.2. The van der Waals surface area contributed by atoms with Crippen LogP contribution in [0.15, 0.2) is 29.0 Å². The van der Waals surface area contributed by atoms with Crippen molar-refractivity contribution in [2.24, 2.45) is 5.10 Å². The third-order valence-corrected chi connectivity index (χ3v) is 3.23. The number of carbonyl (C=O) groups excluding carboxylic acids is 1. The van der Waals surface area contributed by atoms with E-state index in [9.17, 15) is 4.79 Å². The molecule has 0 bridgehead atoms. The molecule has 0 radical (unpaired) electrons. The Balaban J connectivity index is 1.88. The van der Waals surface area contributed by atoms with E-state index >= 15 is 0 Å². The number of hydrogen-bond acceptors (Lipinski definition) is 4. The van der Waals surface area contributed by atoms with Gasteiger partial charge in [-0.2, -0.15) is 5.10 Å². The fourth-order valence-electron chi connectivity index (χ4n) is 2.36. The van der Waals surface area contributed by atoms with E-state index in [0.29, 0.717) is 0 Å². The maximum absolute atomic E-state index is 12.0. The first-order valence-electron chi connectivity index (χ1n) is 5.66. The number of rotatable bonds is 4. The first kappa shape index (κ1) is 11.9. The van der Waals surface area contributed by atoms with Gasteiger partial charge in [-0.15, -0.1) is 0 Å². The maximum atomic E-state index is 12.0. The Labute approximate surface area is 102 Å². The summed E-state index contributed by atoms with van der Waals surface area (Å²) in [7, 11) is 2.10. The molecular weight excluding hydrogens is 216 g/mol. The highest BCUT2D eigenvalue weighted by Crippen LogP contribution is 2.24. The minimum absolute atomic E-state index is 0.0781. The molecule has 0 fully saturated rings. The summed E-state index contributed by atoms with van der Waals surface area (Å²) in [4.78, 5) is 16.1. The Morgan fingerprint density at radius 2 is 2.00 bits per heavy atom. The van der Waals surface area contributed by atoms with E-state index in [1.54, 1.807) is 0 Å². The van der Waals surface area contributed by atoms with E-state index in [-0.39, 0.29) is 12.5 Å². The van der Waals surface area contributed by atoms with Crippen molar-refractivity contribution in [2.75, 3.05) is 39.8 Å². The van der Waals surface area contributed by atoms with Gasteiger partial charge in [-0.25, -0.2) is 0 Å². The molecule has 2 heterocycles. The van der Waals surface area contributed by atoms with E-state index in [4.69, 9.17) is 0 Å². The molecule has 2 aliphatic rings. The van der Waals surface area contributed by atoms with Gasteiger partial charge in [0.05, 0.1) is 0 Å². The molecule has 0 aromatic carbocycles. The average Bonchev–Trinajstić information content (AvgIpc) is 2.82. The molecule has 0 aliphatic carbocycles. The van der Waals surface area contributed by atoms with Crippen molar-refractivity contribution in [3.8, 4) is 0 Å². The third kappa shape index (κ3) is 2.39. The summed E-state index contributed by atoms with van der Waals surface area (Å²) in [6, 6.07) is 0. The number of likely N-dealkylation sites (N-methyl/N-ethyl adjacent to an activating group) is 1. The molecule has 92 valence electrons. The molecule has 0 aromatic heterocycles. The van der Waals surface area contributed by atoms with Crippen molar-refractivity contribution in [1.82, 2.24) is 14.8 Å². The lowest BCUT2D eigenvalue weighted by Gasteiger charge is -2.22. The standard InChI is InChI=1S/C12H18N4O/c1-4-16(13-2)9-12(17)15-7-10-5-14(3)6-11(10)8-15/h4H,1-2,5-9H2,3H3. The van der Waals surface area contributed by atoms with Crippen molar-refractivity contribution in [2.45, 2.75) is 0 Å².